The number of nitrogens with zero attached hydrogens (tertiary/aromatic N) is 1. The van der Waals surface area contributed by atoms with Crippen LogP contribution in [0.15, 0.2) is 71.8 Å². The Morgan fingerprint density at radius 1 is 1.11 bits per heavy atom. The highest BCUT2D eigenvalue weighted by Gasteiger charge is 2.03. The van der Waals surface area contributed by atoms with Crippen molar-refractivity contribution in [3.05, 3.63) is 72.3 Å². The molecule has 0 atom stereocenters. The van der Waals surface area contributed by atoms with Gasteiger partial charge in [-0.25, -0.2) is 5.43 Å². The van der Waals surface area contributed by atoms with Crippen molar-refractivity contribution >= 4 is 28.6 Å². The summed E-state index contributed by atoms with van der Waals surface area (Å²) in [6, 6.07) is 21.2. The monoisotopic (exact) mass is 357 g/mol. The summed E-state index contributed by atoms with van der Waals surface area (Å²) in [7, 11) is 0. The average molecular weight is 357 g/mol. The van der Waals surface area contributed by atoms with Crippen LogP contribution in [0.5, 0.6) is 5.75 Å². The second kappa shape index (κ2) is 9.07. The van der Waals surface area contributed by atoms with Crippen LogP contribution in [-0.4, -0.2) is 25.3 Å². The van der Waals surface area contributed by atoms with Crippen LogP contribution in [0.4, 0.5) is 5.69 Å². The summed E-state index contributed by atoms with van der Waals surface area (Å²) in [5.41, 5.74) is 4.21. The van der Waals surface area contributed by atoms with Crippen molar-refractivity contribution < 1.29 is 9.53 Å². The molecule has 5 nitrogen and oxygen atoms in total. The zero-order chi connectivity index (χ0) is 18.9. The van der Waals surface area contributed by atoms with Crippen molar-refractivity contribution in [2.75, 3.05) is 18.5 Å². The van der Waals surface area contributed by atoms with Crippen molar-refractivity contribution in [3.8, 4) is 18.1 Å². The fourth-order valence-electron chi connectivity index (χ4n) is 2.58. The first kappa shape index (κ1) is 18.0. The zero-order valence-electron chi connectivity index (χ0n) is 14.7. The van der Waals surface area contributed by atoms with Crippen LogP contribution in [0, 0.1) is 12.3 Å². The van der Waals surface area contributed by atoms with E-state index < -0.39 is 0 Å². The lowest BCUT2D eigenvalue weighted by atomic mass is 10.1. The number of rotatable bonds is 7. The fourth-order valence-corrected chi connectivity index (χ4v) is 2.58. The van der Waals surface area contributed by atoms with Crippen LogP contribution < -0.4 is 15.5 Å². The van der Waals surface area contributed by atoms with E-state index in [4.69, 9.17) is 11.2 Å². The molecule has 0 spiro atoms. The Hall–Kier alpha value is -3.78. The van der Waals surface area contributed by atoms with Crippen LogP contribution in [0.25, 0.3) is 10.8 Å². The average Bonchev–Trinajstić information content (AvgIpc) is 2.71. The quantitative estimate of drug-likeness (QED) is 0.387. The van der Waals surface area contributed by atoms with Gasteiger partial charge in [-0.2, -0.15) is 5.10 Å². The summed E-state index contributed by atoms with van der Waals surface area (Å²) < 4.78 is 5.35. The molecule has 0 bridgehead atoms. The van der Waals surface area contributed by atoms with E-state index in [1.165, 1.54) is 0 Å². The Labute approximate surface area is 158 Å². The SMILES string of the molecule is C#CCOc1cccc(/C=N\NC(=O)CNc2cccc3ccccc23)c1. The van der Waals surface area contributed by atoms with E-state index in [1.54, 1.807) is 18.3 Å². The van der Waals surface area contributed by atoms with Gasteiger partial charge in [0, 0.05) is 11.1 Å². The van der Waals surface area contributed by atoms with Gasteiger partial charge in [-0.1, -0.05) is 54.5 Å². The maximum atomic E-state index is 12.0. The first-order valence-corrected chi connectivity index (χ1v) is 8.46. The predicted octanol–water partition coefficient (Wildman–Crippen LogP) is 3.41. The maximum Gasteiger partial charge on any atom is 0.259 e. The molecule has 0 aliphatic heterocycles. The Balaban J connectivity index is 1.54. The summed E-state index contributed by atoms with van der Waals surface area (Å²) in [4.78, 5) is 12.0. The van der Waals surface area contributed by atoms with Gasteiger partial charge in [-0.05, 0) is 29.1 Å². The molecule has 2 N–H and O–H groups in total. The Morgan fingerprint density at radius 3 is 2.81 bits per heavy atom. The van der Waals surface area contributed by atoms with E-state index in [-0.39, 0.29) is 19.1 Å². The molecule has 0 aliphatic rings. The Kier molecular flexibility index (Phi) is 6.05. The number of hydrogen-bond donors (Lipinski definition) is 2. The van der Waals surface area contributed by atoms with Crippen LogP contribution in [0.3, 0.4) is 0 Å². The van der Waals surface area contributed by atoms with E-state index in [1.807, 2.05) is 54.6 Å². The number of hydrogen-bond acceptors (Lipinski definition) is 4. The van der Waals surface area contributed by atoms with E-state index in [9.17, 15) is 4.79 Å². The molecule has 3 aromatic rings. The Morgan fingerprint density at radius 2 is 1.93 bits per heavy atom. The van der Waals surface area contributed by atoms with Gasteiger partial charge in [0.1, 0.15) is 12.4 Å². The number of ether oxygens (including phenoxy) is 1. The van der Waals surface area contributed by atoms with Crippen molar-refractivity contribution in [1.82, 2.24) is 5.43 Å². The maximum absolute atomic E-state index is 12.0. The Bertz CT molecular complexity index is 1000. The van der Waals surface area contributed by atoms with Gasteiger partial charge in [-0.15, -0.1) is 6.42 Å². The number of hydrazone groups is 1. The topological polar surface area (TPSA) is 62.7 Å². The minimum absolute atomic E-state index is 0.122. The lowest BCUT2D eigenvalue weighted by Crippen LogP contribution is -2.25. The minimum atomic E-state index is -0.237. The van der Waals surface area contributed by atoms with Gasteiger partial charge in [0.05, 0.1) is 12.8 Å². The summed E-state index contributed by atoms with van der Waals surface area (Å²) in [5.74, 6) is 2.83. The second-order valence-corrected chi connectivity index (χ2v) is 5.74. The van der Waals surface area contributed by atoms with Gasteiger partial charge in [0.15, 0.2) is 0 Å². The third-order valence-electron chi connectivity index (χ3n) is 3.81. The number of carbonyl (C=O) groups excluding carboxylic acids is 1. The number of terminal acetylenes is 1. The highest BCUT2D eigenvalue weighted by atomic mass is 16.5. The molecule has 1 amide bonds. The van der Waals surface area contributed by atoms with Gasteiger partial charge in [-0.3, -0.25) is 4.79 Å². The molecule has 3 aromatic carbocycles. The number of nitrogens with one attached hydrogen (secondary N) is 2. The summed E-state index contributed by atoms with van der Waals surface area (Å²) in [5, 5.41) is 9.31. The fraction of sp³-hybridized carbons (Fsp3) is 0.0909. The minimum Gasteiger partial charge on any atom is -0.481 e. The van der Waals surface area contributed by atoms with Crippen LogP contribution in [0.2, 0.25) is 0 Å². The third-order valence-corrected chi connectivity index (χ3v) is 3.81. The highest BCUT2D eigenvalue weighted by molar-refractivity contribution is 5.95. The van der Waals surface area contributed by atoms with Crippen molar-refractivity contribution in [2.24, 2.45) is 5.10 Å². The standard InChI is InChI=1S/C22H19N3O2/c1-2-13-27-19-10-5-7-17(14-19)15-24-25-22(26)16-23-21-12-6-9-18-8-3-4-11-20(18)21/h1,3-12,14-15,23H,13,16H2,(H,25,26)/b24-15-. The van der Waals surface area contributed by atoms with Crippen LogP contribution in [-0.2, 0) is 4.79 Å². The third kappa shape index (κ3) is 5.10. The molecule has 0 saturated carbocycles. The van der Waals surface area contributed by atoms with E-state index in [0.29, 0.717) is 5.75 Å². The van der Waals surface area contributed by atoms with Gasteiger partial charge >= 0.3 is 0 Å². The largest absolute Gasteiger partial charge is 0.481 e. The van der Waals surface area contributed by atoms with Gasteiger partial charge < -0.3 is 10.1 Å². The highest BCUT2D eigenvalue weighted by Crippen LogP contribution is 2.22. The van der Waals surface area contributed by atoms with Crippen LogP contribution in [0.1, 0.15) is 5.56 Å². The number of fused-ring (bicyclic) bond motifs is 1. The zero-order valence-corrected chi connectivity index (χ0v) is 14.7. The van der Waals surface area contributed by atoms with E-state index >= 15 is 0 Å². The molecular formula is C22H19N3O2. The van der Waals surface area contributed by atoms with E-state index in [0.717, 1.165) is 22.0 Å². The molecule has 0 unspecified atom stereocenters. The molecular weight excluding hydrogens is 338 g/mol. The lowest BCUT2D eigenvalue weighted by Gasteiger charge is -2.08. The molecule has 134 valence electrons. The molecule has 0 saturated heterocycles. The molecule has 0 aliphatic carbocycles. The molecule has 0 aromatic heterocycles. The predicted molar refractivity (Wildman–Crippen MR) is 109 cm³/mol. The molecule has 0 radical (unpaired) electrons. The van der Waals surface area contributed by atoms with Gasteiger partial charge in [0.2, 0.25) is 0 Å². The molecule has 0 fully saturated rings. The molecule has 5 heteroatoms. The molecule has 3 rings (SSSR count). The molecule has 0 heterocycles. The van der Waals surface area contributed by atoms with E-state index in [2.05, 4.69) is 21.8 Å². The van der Waals surface area contributed by atoms with Gasteiger partial charge in [0.25, 0.3) is 5.91 Å². The summed E-state index contributed by atoms with van der Waals surface area (Å²) in [6.45, 7) is 0.327. The summed E-state index contributed by atoms with van der Waals surface area (Å²) >= 11 is 0. The first-order valence-electron chi connectivity index (χ1n) is 8.46. The number of amides is 1. The molecule has 27 heavy (non-hydrogen) atoms. The number of carbonyl (C=O) groups is 1. The smallest absolute Gasteiger partial charge is 0.259 e. The number of benzene rings is 3. The summed E-state index contributed by atoms with van der Waals surface area (Å²) in [6.07, 6.45) is 6.73. The lowest BCUT2D eigenvalue weighted by molar-refractivity contribution is -0.119. The van der Waals surface area contributed by atoms with Crippen molar-refractivity contribution in [3.63, 3.8) is 0 Å². The van der Waals surface area contributed by atoms with Crippen LogP contribution >= 0.6 is 0 Å². The second-order valence-electron chi connectivity index (χ2n) is 5.74. The normalized spacial score (nSPS) is 10.5. The van der Waals surface area contributed by atoms with Crippen molar-refractivity contribution in [1.29, 1.82) is 0 Å². The first-order chi connectivity index (χ1) is 13.3. The van der Waals surface area contributed by atoms with Crippen molar-refractivity contribution in [2.45, 2.75) is 0 Å². The number of anilines is 1.